The summed E-state index contributed by atoms with van der Waals surface area (Å²) >= 11 is 11.8. The third-order valence-electron chi connectivity index (χ3n) is 3.52. The Bertz CT molecular complexity index is 843. The smallest absolute Gasteiger partial charge is 0.254 e. The predicted molar refractivity (Wildman–Crippen MR) is 96.1 cm³/mol. The third-order valence-corrected chi connectivity index (χ3v) is 4.01. The van der Waals surface area contributed by atoms with Crippen LogP contribution in [-0.4, -0.2) is 22.2 Å². The summed E-state index contributed by atoms with van der Waals surface area (Å²) in [5.74, 6) is -0.155. The molecule has 1 heterocycles. The van der Waals surface area contributed by atoms with Crippen LogP contribution in [0.2, 0.25) is 10.0 Å². The minimum absolute atomic E-state index is 0.155. The van der Waals surface area contributed by atoms with Gasteiger partial charge in [0, 0.05) is 22.8 Å². The number of hydrogen-bond acceptors (Lipinski definition) is 2. The molecule has 0 saturated carbocycles. The van der Waals surface area contributed by atoms with Crippen LogP contribution in [0.25, 0.3) is 5.69 Å². The molecule has 0 radical (unpaired) electrons. The summed E-state index contributed by atoms with van der Waals surface area (Å²) < 4.78 is 1.64. The molecule has 0 saturated heterocycles. The highest BCUT2D eigenvalue weighted by Gasteiger charge is 2.09. The molecule has 1 N–H and O–H groups in total. The second-order valence-corrected chi connectivity index (χ2v) is 6.16. The van der Waals surface area contributed by atoms with Gasteiger partial charge < -0.3 is 5.32 Å². The standard InChI is InChI=1S/C18H15Cl2N3O/c19-15-4-6-17(7-5-15)23-12-14(11-22-23)18(24)21-9-8-13-2-1-3-16(20)10-13/h1-7,10-12H,8-9H2,(H,21,24). The molecule has 4 nitrogen and oxygen atoms in total. The van der Waals surface area contributed by atoms with Crippen molar-refractivity contribution in [2.75, 3.05) is 6.54 Å². The van der Waals surface area contributed by atoms with Crippen molar-refractivity contribution in [1.82, 2.24) is 15.1 Å². The van der Waals surface area contributed by atoms with Crippen molar-refractivity contribution >= 4 is 29.1 Å². The van der Waals surface area contributed by atoms with Crippen LogP contribution in [0.3, 0.4) is 0 Å². The van der Waals surface area contributed by atoms with Gasteiger partial charge >= 0.3 is 0 Å². The number of benzene rings is 2. The van der Waals surface area contributed by atoms with Crippen molar-refractivity contribution in [1.29, 1.82) is 0 Å². The lowest BCUT2D eigenvalue weighted by molar-refractivity contribution is 0.0954. The Morgan fingerprint density at radius 2 is 1.88 bits per heavy atom. The fourth-order valence-electron chi connectivity index (χ4n) is 2.29. The number of rotatable bonds is 5. The van der Waals surface area contributed by atoms with Gasteiger partial charge in [0.15, 0.2) is 0 Å². The number of nitrogens with zero attached hydrogens (tertiary/aromatic N) is 2. The van der Waals surface area contributed by atoms with E-state index in [1.165, 1.54) is 0 Å². The Morgan fingerprint density at radius 1 is 1.08 bits per heavy atom. The van der Waals surface area contributed by atoms with E-state index in [0.29, 0.717) is 22.2 Å². The maximum absolute atomic E-state index is 12.2. The normalized spacial score (nSPS) is 10.6. The van der Waals surface area contributed by atoms with Gasteiger partial charge in [-0.2, -0.15) is 5.10 Å². The SMILES string of the molecule is O=C(NCCc1cccc(Cl)c1)c1cnn(-c2ccc(Cl)cc2)c1. The lowest BCUT2D eigenvalue weighted by atomic mass is 10.1. The van der Waals surface area contributed by atoms with Crippen LogP contribution < -0.4 is 5.32 Å². The van der Waals surface area contributed by atoms with Gasteiger partial charge in [0.25, 0.3) is 5.91 Å². The Labute approximate surface area is 150 Å². The minimum atomic E-state index is -0.155. The van der Waals surface area contributed by atoms with Gasteiger partial charge in [-0.1, -0.05) is 35.3 Å². The monoisotopic (exact) mass is 359 g/mol. The molecule has 0 bridgehead atoms. The topological polar surface area (TPSA) is 46.9 Å². The van der Waals surface area contributed by atoms with Gasteiger partial charge in [-0.15, -0.1) is 0 Å². The number of carbonyl (C=O) groups is 1. The lowest BCUT2D eigenvalue weighted by Crippen LogP contribution is -2.25. The van der Waals surface area contributed by atoms with E-state index in [2.05, 4.69) is 10.4 Å². The molecule has 0 atom stereocenters. The first-order valence-corrected chi connectivity index (χ1v) is 8.21. The first-order valence-electron chi connectivity index (χ1n) is 7.45. The fraction of sp³-hybridized carbons (Fsp3) is 0.111. The van der Waals surface area contributed by atoms with Crippen LogP contribution in [0.5, 0.6) is 0 Å². The molecular weight excluding hydrogens is 345 g/mol. The lowest BCUT2D eigenvalue weighted by Gasteiger charge is -2.04. The molecule has 2 aromatic carbocycles. The van der Waals surface area contributed by atoms with Gasteiger partial charge in [0.05, 0.1) is 17.4 Å². The predicted octanol–water partition coefficient (Wildman–Crippen LogP) is 4.15. The van der Waals surface area contributed by atoms with Gasteiger partial charge in [-0.3, -0.25) is 4.79 Å². The van der Waals surface area contributed by atoms with Crippen molar-refractivity contribution in [3.05, 3.63) is 82.1 Å². The molecular formula is C18H15Cl2N3O. The number of amides is 1. The molecule has 0 unspecified atom stereocenters. The maximum Gasteiger partial charge on any atom is 0.254 e. The quantitative estimate of drug-likeness (QED) is 0.743. The zero-order chi connectivity index (χ0) is 16.9. The highest BCUT2D eigenvalue weighted by atomic mass is 35.5. The molecule has 0 aliphatic heterocycles. The average molecular weight is 360 g/mol. The van der Waals surface area contributed by atoms with E-state index < -0.39 is 0 Å². The summed E-state index contributed by atoms with van der Waals surface area (Å²) in [5, 5.41) is 8.45. The molecule has 0 fully saturated rings. The Hall–Kier alpha value is -2.30. The van der Waals surface area contributed by atoms with E-state index in [1.807, 2.05) is 36.4 Å². The van der Waals surface area contributed by atoms with Gasteiger partial charge in [0.2, 0.25) is 0 Å². The highest BCUT2D eigenvalue weighted by Crippen LogP contribution is 2.14. The molecule has 6 heteroatoms. The molecule has 24 heavy (non-hydrogen) atoms. The summed E-state index contributed by atoms with van der Waals surface area (Å²) in [7, 11) is 0. The minimum Gasteiger partial charge on any atom is -0.352 e. The number of hydrogen-bond donors (Lipinski definition) is 1. The van der Waals surface area contributed by atoms with Crippen LogP contribution in [0.4, 0.5) is 0 Å². The number of carbonyl (C=O) groups excluding carboxylic acids is 1. The van der Waals surface area contributed by atoms with E-state index in [-0.39, 0.29) is 5.91 Å². The Balaban J connectivity index is 1.58. The van der Waals surface area contributed by atoms with Crippen LogP contribution in [-0.2, 0) is 6.42 Å². The van der Waals surface area contributed by atoms with Crippen LogP contribution >= 0.6 is 23.2 Å². The van der Waals surface area contributed by atoms with Crippen molar-refractivity contribution in [3.63, 3.8) is 0 Å². The van der Waals surface area contributed by atoms with Gasteiger partial charge in [0.1, 0.15) is 0 Å². The Morgan fingerprint density at radius 3 is 2.62 bits per heavy atom. The molecule has 3 rings (SSSR count). The fourth-order valence-corrected chi connectivity index (χ4v) is 2.63. The second kappa shape index (κ2) is 7.51. The molecule has 0 aliphatic rings. The van der Waals surface area contributed by atoms with E-state index in [1.54, 1.807) is 29.2 Å². The zero-order valence-electron chi connectivity index (χ0n) is 12.7. The van der Waals surface area contributed by atoms with Gasteiger partial charge in [-0.25, -0.2) is 4.68 Å². The van der Waals surface area contributed by atoms with Crippen molar-refractivity contribution in [2.45, 2.75) is 6.42 Å². The van der Waals surface area contributed by atoms with Crippen molar-refractivity contribution in [2.24, 2.45) is 0 Å². The first-order chi connectivity index (χ1) is 11.6. The Kier molecular flexibility index (Phi) is 5.18. The molecule has 1 amide bonds. The van der Waals surface area contributed by atoms with Crippen LogP contribution in [0, 0.1) is 0 Å². The molecule has 122 valence electrons. The van der Waals surface area contributed by atoms with E-state index >= 15 is 0 Å². The largest absolute Gasteiger partial charge is 0.352 e. The maximum atomic E-state index is 12.2. The van der Waals surface area contributed by atoms with Crippen LogP contribution in [0.15, 0.2) is 60.9 Å². The number of halogens is 2. The number of aromatic nitrogens is 2. The van der Waals surface area contributed by atoms with E-state index in [9.17, 15) is 4.79 Å². The summed E-state index contributed by atoms with van der Waals surface area (Å²) in [4.78, 5) is 12.2. The molecule has 0 spiro atoms. The first kappa shape index (κ1) is 16.6. The van der Waals surface area contributed by atoms with E-state index in [0.717, 1.165) is 17.7 Å². The van der Waals surface area contributed by atoms with Gasteiger partial charge in [-0.05, 0) is 48.4 Å². The van der Waals surface area contributed by atoms with Crippen molar-refractivity contribution in [3.8, 4) is 5.69 Å². The average Bonchev–Trinajstić information content (AvgIpc) is 3.05. The summed E-state index contributed by atoms with van der Waals surface area (Å²) in [5.41, 5.74) is 2.44. The molecule has 3 aromatic rings. The summed E-state index contributed by atoms with van der Waals surface area (Å²) in [6, 6.07) is 14.9. The second-order valence-electron chi connectivity index (χ2n) is 5.29. The summed E-state index contributed by atoms with van der Waals surface area (Å²) in [6.45, 7) is 0.533. The molecule has 0 aliphatic carbocycles. The number of nitrogens with one attached hydrogen (secondary N) is 1. The van der Waals surface area contributed by atoms with E-state index in [4.69, 9.17) is 23.2 Å². The third kappa shape index (κ3) is 4.16. The summed E-state index contributed by atoms with van der Waals surface area (Å²) in [6.07, 6.45) is 3.96. The molecule has 1 aromatic heterocycles. The zero-order valence-corrected chi connectivity index (χ0v) is 14.3. The van der Waals surface area contributed by atoms with Crippen molar-refractivity contribution < 1.29 is 4.79 Å². The highest BCUT2D eigenvalue weighted by molar-refractivity contribution is 6.30. The van der Waals surface area contributed by atoms with Crippen LogP contribution in [0.1, 0.15) is 15.9 Å².